The van der Waals surface area contributed by atoms with Crippen molar-refractivity contribution in [3.8, 4) is 21.9 Å². The summed E-state index contributed by atoms with van der Waals surface area (Å²) in [5.74, 6) is 0.298. The summed E-state index contributed by atoms with van der Waals surface area (Å²) in [4.78, 5) is 40.4. The van der Waals surface area contributed by atoms with E-state index in [9.17, 15) is 14.4 Å². The summed E-state index contributed by atoms with van der Waals surface area (Å²) in [5, 5.41) is 6.48. The Morgan fingerprint density at radius 1 is 1.02 bits per heavy atom. The summed E-state index contributed by atoms with van der Waals surface area (Å²) in [5.41, 5.74) is 1.88. The van der Waals surface area contributed by atoms with Gasteiger partial charge in [0.25, 0.3) is 0 Å². The number of nitrogens with zero attached hydrogens (tertiary/aromatic N) is 1. The lowest BCUT2D eigenvalue weighted by Crippen LogP contribution is -2.42. The standard InChI is InChI=1S/C32H38BrN3O7S/c1-32(2,3)43-25(37)19-42-27-26(33)28(44-29(27)30(38)41-5)21-7-6-8-23(17-21)34-18-20-13-15-36(16-14-20)31(39)35-22-9-11-24(40-4)12-10-22/h6-12,17,20,34H,13-16,18-19H2,1-5H3,(H,35,39). The van der Waals surface area contributed by atoms with Gasteiger partial charge in [-0.2, -0.15) is 0 Å². The first-order valence-electron chi connectivity index (χ1n) is 14.3. The lowest BCUT2D eigenvalue weighted by Gasteiger charge is -2.32. The minimum atomic E-state index is -0.653. The van der Waals surface area contributed by atoms with Crippen LogP contribution in [0, 0.1) is 5.92 Å². The van der Waals surface area contributed by atoms with Crippen molar-refractivity contribution in [2.24, 2.45) is 5.92 Å². The van der Waals surface area contributed by atoms with Gasteiger partial charge >= 0.3 is 18.0 Å². The lowest BCUT2D eigenvalue weighted by atomic mass is 9.97. The number of thiophene rings is 1. The maximum absolute atomic E-state index is 12.7. The Morgan fingerprint density at radius 3 is 2.36 bits per heavy atom. The molecule has 3 aromatic rings. The lowest BCUT2D eigenvalue weighted by molar-refractivity contribution is -0.157. The molecule has 0 unspecified atom stereocenters. The van der Waals surface area contributed by atoms with Crippen LogP contribution in [0.5, 0.6) is 11.5 Å². The number of methoxy groups -OCH3 is 2. The van der Waals surface area contributed by atoms with Gasteiger partial charge in [0.1, 0.15) is 11.4 Å². The maximum Gasteiger partial charge on any atom is 0.351 e. The second kappa shape index (κ2) is 14.8. The van der Waals surface area contributed by atoms with E-state index in [1.54, 1.807) is 27.9 Å². The van der Waals surface area contributed by atoms with Gasteiger partial charge in [0, 0.05) is 31.0 Å². The van der Waals surface area contributed by atoms with Crippen LogP contribution in [0.2, 0.25) is 0 Å². The van der Waals surface area contributed by atoms with Gasteiger partial charge in [0.15, 0.2) is 17.2 Å². The highest BCUT2D eigenvalue weighted by atomic mass is 79.9. The van der Waals surface area contributed by atoms with Crippen LogP contribution >= 0.6 is 27.3 Å². The predicted molar refractivity (Wildman–Crippen MR) is 175 cm³/mol. The Bertz CT molecular complexity index is 1460. The zero-order valence-electron chi connectivity index (χ0n) is 25.5. The van der Waals surface area contributed by atoms with E-state index in [1.165, 1.54) is 18.4 Å². The van der Waals surface area contributed by atoms with Gasteiger partial charge in [-0.25, -0.2) is 14.4 Å². The average molecular weight is 689 g/mol. The fourth-order valence-electron chi connectivity index (χ4n) is 4.69. The van der Waals surface area contributed by atoms with E-state index in [0.717, 1.165) is 47.0 Å². The summed E-state index contributed by atoms with van der Waals surface area (Å²) >= 11 is 4.80. The van der Waals surface area contributed by atoms with E-state index in [0.29, 0.717) is 23.5 Å². The molecule has 0 atom stereocenters. The molecule has 10 nitrogen and oxygen atoms in total. The molecule has 1 aliphatic heterocycles. The molecule has 1 aliphatic rings. The van der Waals surface area contributed by atoms with Crippen molar-refractivity contribution in [3.05, 3.63) is 57.9 Å². The van der Waals surface area contributed by atoms with E-state index in [1.807, 2.05) is 53.4 Å². The zero-order chi connectivity index (χ0) is 31.9. The van der Waals surface area contributed by atoms with Crippen molar-refractivity contribution in [2.45, 2.75) is 39.2 Å². The molecule has 0 bridgehead atoms. The van der Waals surface area contributed by atoms with E-state index in [-0.39, 0.29) is 23.3 Å². The first kappa shape index (κ1) is 33.1. The third kappa shape index (κ3) is 8.88. The molecule has 4 rings (SSSR count). The van der Waals surface area contributed by atoms with Crippen molar-refractivity contribution in [1.82, 2.24) is 4.90 Å². The quantitative estimate of drug-likeness (QED) is 0.218. The molecule has 0 aliphatic carbocycles. The number of urea groups is 1. The molecule has 44 heavy (non-hydrogen) atoms. The Hall–Kier alpha value is -3.77. The molecule has 1 fully saturated rings. The largest absolute Gasteiger partial charge is 0.497 e. The predicted octanol–water partition coefficient (Wildman–Crippen LogP) is 7.05. The number of amides is 2. The molecule has 1 saturated heterocycles. The zero-order valence-corrected chi connectivity index (χ0v) is 27.9. The van der Waals surface area contributed by atoms with Crippen LogP contribution in [0.1, 0.15) is 43.3 Å². The number of hydrogen-bond donors (Lipinski definition) is 2. The summed E-state index contributed by atoms with van der Waals surface area (Å²) in [6.07, 6.45) is 1.78. The monoisotopic (exact) mass is 687 g/mol. The number of esters is 2. The molecule has 1 aromatic heterocycles. The van der Waals surface area contributed by atoms with Crippen molar-refractivity contribution in [1.29, 1.82) is 0 Å². The van der Waals surface area contributed by atoms with Crippen LogP contribution in [0.4, 0.5) is 16.2 Å². The van der Waals surface area contributed by atoms with Gasteiger partial charge < -0.3 is 34.5 Å². The number of nitrogens with one attached hydrogen (secondary N) is 2. The van der Waals surface area contributed by atoms with Gasteiger partial charge in [-0.3, -0.25) is 0 Å². The first-order chi connectivity index (χ1) is 21.0. The average Bonchev–Trinajstić information content (AvgIpc) is 3.34. The van der Waals surface area contributed by atoms with Crippen LogP contribution in [0.3, 0.4) is 0 Å². The molecule has 12 heteroatoms. The van der Waals surface area contributed by atoms with Crippen LogP contribution in [0.25, 0.3) is 10.4 Å². The fraction of sp³-hybridized carbons (Fsp3) is 0.406. The number of rotatable bonds is 10. The number of anilines is 2. The molecule has 236 valence electrons. The highest BCUT2D eigenvalue weighted by Crippen LogP contribution is 2.46. The first-order valence-corrected chi connectivity index (χ1v) is 15.9. The molecule has 2 amide bonds. The van der Waals surface area contributed by atoms with E-state index in [4.69, 9.17) is 18.9 Å². The van der Waals surface area contributed by atoms with Gasteiger partial charge in [-0.05, 0) is 97.4 Å². The molecule has 2 heterocycles. The molecular formula is C32H38BrN3O7S. The minimum Gasteiger partial charge on any atom is -0.497 e. The van der Waals surface area contributed by atoms with Crippen LogP contribution < -0.4 is 20.1 Å². The molecule has 0 saturated carbocycles. The Balaban J connectivity index is 1.35. The second-order valence-electron chi connectivity index (χ2n) is 11.3. The number of piperidine rings is 1. The fourth-order valence-corrected chi connectivity index (χ4v) is 6.66. The number of halogens is 1. The molecular weight excluding hydrogens is 650 g/mol. The summed E-state index contributed by atoms with van der Waals surface area (Å²) in [7, 11) is 2.91. The van der Waals surface area contributed by atoms with Gasteiger partial charge in [-0.15, -0.1) is 11.3 Å². The van der Waals surface area contributed by atoms with E-state index >= 15 is 0 Å². The highest BCUT2D eigenvalue weighted by Gasteiger charge is 2.27. The SMILES string of the molecule is COC(=O)c1sc(-c2cccc(NCC3CCN(C(=O)Nc4ccc(OC)cc4)CC3)c2)c(Br)c1OCC(=O)OC(C)(C)C. The van der Waals surface area contributed by atoms with Gasteiger partial charge in [-0.1, -0.05) is 12.1 Å². The van der Waals surface area contributed by atoms with E-state index in [2.05, 4.69) is 26.6 Å². The summed E-state index contributed by atoms with van der Waals surface area (Å²) < 4.78 is 21.8. The number of benzene rings is 2. The number of carbonyl (C=O) groups is 3. The number of carbonyl (C=O) groups excluding carboxylic acids is 3. The smallest absolute Gasteiger partial charge is 0.351 e. The van der Waals surface area contributed by atoms with Crippen molar-refractivity contribution in [2.75, 3.05) is 51.1 Å². The molecule has 0 spiro atoms. The Morgan fingerprint density at radius 2 is 1.73 bits per heavy atom. The third-order valence-electron chi connectivity index (χ3n) is 6.90. The summed E-state index contributed by atoms with van der Waals surface area (Å²) in [6.45, 7) is 7.10. The van der Waals surface area contributed by atoms with Gasteiger partial charge in [0.2, 0.25) is 0 Å². The summed E-state index contributed by atoms with van der Waals surface area (Å²) in [6, 6.07) is 15.1. The molecule has 2 N–H and O–H groups in total. The van der Waals surface area contributed by atoms with Crippen molar-refractivity contribution < 1.29 is 33.3 Å². The maximum atomic E-state index is 12.7. The molecule has 0 radical (unpaired) electrons. The second-order valence-corrected chi connectivity index (χ2v) is 13.1. The van der Waals surface area contributed by atoms with Crippen LogP contribution in [-0.4, -0.2) is 68.9 Å². The molecule has 2 aromatic carbocycles. The number of hydrogen-bond acceptors (Lipinski definition) is 9. The highest BCUT2D eigenvalue weighted by molar-refractivity contribution is 9.10. The van der Waals surface area contributed by atoms with Crippen LogP contribution in [0.15, 0.2) is 53.0 Å². The van der Waals surface area contributed by atoms with Crippen molar-refractivity contribution in [3.63, 3.8) is 0 Å². The van der Waals surface area contributed by atoms with Crippen molar-refractivity contribution >= 4 is 56.6 Å². The third-order valence-corrected chi connectivity index (χ3v) is 9.12. The Kier molecular flexibility index (Phi) is 11.1. The number of ether oxygens (including phenoxy) is 4. The minimum absolute atomic E-state index is 0.100. The van der Waals surface area contributed by atoms with Crippen LogP contribution in [-0.2, 0) is 14.3 Å². The van der Waals surface area contributed by atoms with Gasteiger partial charge in [0.05, 0.1) is 23.6 Å². The Labute approximate surface area is 270 Å². The van der Waals surface area contributed by atoms with E-state index < -0.39 is 17.5 Å². The topological polar surface area (TPSA) is 115 Å². The normalized spacial score (nSPS) is 13.6. The number of likely N-dealkylation sites (tertiary alicyclic amines) is 1.